The summed E-state index contributed by atoms with van der Waals surface area (Å²) in [6.07, 6.45) is 0. The fraction of sp³-hybridized carbons (Fsp3) is 0.200. The molecule has 0 unspecified atom stereocenters. The van der Waals surface area contributed by atoms with Gasteiger partial charge in [0.05, 0.1) is 26.2 Å². The van der Waals surface area contributed by atoms with E-state index in [2.05, 4.69) is 52.5 Å². The highest BCUT2D eigenvalue weighted by Gasteiger charge is 2.11. The molecule has 14 nitrogen and oxygen atoms in total. The van der Waals surface area contributed by atoms with E-state index >= 15 is 0 Å². The molecule has 0 aromatic heterocycles. The van der Waals surface area contributed by atoms with Crippen molar-refractivity contribution >= 4 is 58.3 Å². The zero-order valence-corrected chi connectivity index (χ0v) is 23.7. The van der Waals surface area contributed by atoms with Gasteiger partial charge >= 0.3 is 12.1 Å². The number of amidine groups is 2. The van der Waals surface area contributed by atoms with Crippen molar-refractivity contribution in [3.8, 4) is 0 Å². The number of hydrogen-bond acceptors (Lipinski definition) is 8. The number of hydrogen-bond donors (Lipinski definition) is 8. The molecule has 0 aliphatic carbocycles. The van der Waals surface area contributed by atoms with Gasteiger partial charge in [-0.1, -0.05) is 0 Å². The van der Waals surface area contributed by atoms with E-state index < -0.39 is 12.1 Å². The van der Waals surface area contributed by atoms with Gasteiger partial charge in [0, 0.05) is 47.0 Å². The van der Waals surface area contributed by atoms with Gasteiger partial charge in [-0.15, -0.1) is 0 Å². The van der Waals surface area contributed by atoms with Crippen LogP contribution in [0, 0.1) is 0 Å². The van der Waals surface area contributed by atoms with Gasteiger partial charge in [0.15, 0.2) is 0 Å². The van der Waals surface area contributed by atoms with Crippen LogP contribution in [0.4, 0.5) is 32.3 Å². The van der Waals surface area contributed by atoms with E-state index in [-0.39, 0.29) is 24.9 Å². The number of anilines is 4. The summed E-state index contributed by atoms with van der Waals surface area (Å²) in [6, 6.07) is 19.7. The van der Waals surface area contributed by atoms with E-state index in [0.717, 1.165) is 49.0 Å². The standard InChI is InChI=1S/C30H32N10O4/c41-25(37-21-5-1-19(2-6-21)27-31-13-14-32-27)17-35-29(43)39-23-9-11-24(12-10-23)40-30(44)36-18-26(42)38-22-7-3-20(4-8-22)28-33-15-16-34-28/h1-12H,13-18H2,(H,31,32)(H,33,34)(H,37,41)(H,38,42)(H2,35,39,43)(H2,36,40,44). The Hall–Kier alpha value is -5.92. The average Bonchev–Trinajstić information content (AvgIpc) is 3.77. The van der Waals surface area contributed by atoms with Gasteiger partial charge in [-0.05, 0) is 72.8 Å². The number of aliphatic imine (C=N–C) groups is 2. The van der Waals surface area contributed by atoms with Crippen LogP contribution < -0.4 is 42.5 Å². The number of benzene rings is 3. The van der Waals surface area contributed by atoms with Gasteiger partial charge in [0.25, 0.3) is 0 Å². The predicted octanol–water partition coefficient (Wildman–Crippen LogP) is 1.91. The Kier molecular flexibility index (Phi) is 9.62. The highest BCUT2D eigenvalue weighted by atomic mass is 16.2. The molecule has 0 radical (unpaired) electrons. The number of carbonyl (C=O) groups is 4. The van der Waals surface area contributed by atoms with E-state index in [4.69, 9.17) is 0 Å². The van der Waals surface area contributed by atoms with Crippen LogP contribution in [0.15, 0.2) is 82.8 Å². The summed E-state index contributed by atoms with van der Waals surface area (Å²) >= 11 is 0. The van der Waals surface area contributed by atoms with Crippen LogP contribution in [-0.2, 0) is 9.59 Å². The first kappa shape index (κ1) is 29.6. The molecule has 5 rings (SSSR count). The van der Waals surface area contributed by atoms with Crippen molar-refractivity contribution in [3.63, 3.8) is 0 Å². The molecular formula is C30H32N10O4. The van der Waals surface area contributed by atoms with Gasteiger partial charge in [-0.3, -0.25) is 19.6 Å². The Morgan fingerprint density at radius 1 is 0.523 bits per heavy atom. The molecule has 2 heterocycles. The summed E-state index contributed by atoms with van der Waals surface area (Å²) in [5.74, 6) is 0.904. The molecule has 3 aromatic rings. The normalized spacial score (nSPS) is 13.4. The van der Waals surface area contributed by atoms with Crippen molar-refractivity contribution in [3.05, 3.63) is 83.9 Å². The molecule has 0 fully saturated rings. The largest absolute Gasteiger partial charge is 0.368 e. The fourth-order valence-electron chi connectivity index (χ4n) is 4.32. The zero-order valence-electron chi connectivity index (χ0n) is 23.7. The van der Waals surface area contributed by atoms with Crippen molar-refractivity contribution in [1.29, 1.82) is 0 Å². The summed E-state index contributed by atoms with van der Waals surface area (Å²) in [4.78, 5) is 57.7. The highest BCUT2D eigenvalue weighted by molar-refractivity contribution is 6.02. The summed E-state index contributed by atoms with van der Waals surface area (Å²) in [7, 11) is 0. The van der Waals surface area contributed by atoms with E-state index in [0.29, 0.717) is 22.7 Å². The topological polar surface area (TPSA) is 189 Å². The molecule has 44 heavy (non-hydrogen) atoms. The Bertz CT molecular complexity index is 1450. The lowest BCUT2D eigenvalue weighted by atomic mass is 10.2. The second kappa shape index (κ2) is 14.3. The molecule has 14 heteroatoms. The maximum atomic E-state index is 12.2. The van der Waals surface area contributed by atoms with Crippen molar-refractivity contribution in [2.75, 3.05) is 60.5 Å². The van der Waals surface area contributed by atoms with E-state index in [1.165, 1.54) is 0 Å². The Morgan fingerprint density at radius 2 is 0.864 bits per heavy atom. The molecule has 2 aliphatic heterocycles. The minimum absolute atomic E-state index is 0.228. The molecule has 0 saturated carbocycles. The third kappa shape index (κ3) is 8.55. The summed E-state index contributed by atoms with van der Waals surface area (Å²) in [5.41, 5.74) is 3.99. The van der Waals surface area contributed by atoms with Crippen LogP contribution >= 0.6 is 0 Å². The maximum Gasteiger partial charge on any atom is 0.319 e. The molecule has 0 spiro atoms. The third-order valence-corrected chi connectivity index (χ3v) is 6.45. The van der Waals surface area contributed by atoms with Crippen LogP contribution in [0.25, 0.3) is 0 Å². The maximum absolute atomic E-state index is 12.2. The second-order valence-corrected chi connectivity index (χ2v) is 9.76. The van der Waals surface area contributed by atoms with E-state index in [1.54, 1.807) is 48.5 Å². The Morgan fingerprint density at radius 3 is 1.20 bits per heavy atom. The lowest BCUT2D eigenvalue weighted by Crippen LogP contribution is -2.36. The first-order valence-corrected chi connectivity index (χ1v) is 14.0. The SMILES string of the molecule is O=C(CNC(=O)Nc1ccc(NC(=O)NCC(=O)Nc2ccc(C3=NCCN3)cc2)cc1)Nc1ccc(C2=NCCN2)cc1. The molecule has 2 aliphatic rings. The van der Waals surface area contributed by atoms with Crippen LogP contribution in [0.5, 0.6) is 0 Å². The fourth-order valence-corrected chi connectivity index (χ4v) is 4.32. The number of amides is 6. The molecule has 8 N–H and O–H groups in total. The van der Waals surface area contributed by atoms with E-state index in [1.807, 2.05) is 24.3 Å². The Balaban J connectivity index is 0.977. The second-order valence-electron chi connectivity index (χ2n) is 9.76. The summed E-state index contributed by atoms with van der Waals surface area (Å²) < 4.78 is 0. The van der Waals surface area contributed by atoms with Gasteiger partial charge in [0.1, 0.15) is 11.7 Å². The van der Waals surface area contributed by atoms with Gasteiger partial charge in [-0.2, -0.15) is 0 Å². The van der Waals surface area contributed by atoms with Crippen molar-refractivity contribution in [1.82, 2.24) is 21.3 Å². The quantitative estimate of drug-likeness (QED) is 0.176. The number of carbonyl (C=O) groups excluding carboxylic acids is 4. The average molecular weight is 597 g/mol. The van der Waals surface area contributed by atoms with Crippen LogP contribution in [0.1, 0.15) is 11.1 Å². The predicted molar refractivity (Wildman–Crippen MR) is 169 cm³/mol. The molecule has 226 valence electrons. The van der Waals surface area contributed by atoms with Gasteiger partial charge in [0.2, 0.25) is 11.8 Å². The van der Waals surface area contributed by atoms with Crippen LogP contribution in [0.3, 0.4) is 0 Å². The van der Waals surface area contributed by atoms with Gasteiger partial charge in [-0.25, -0.2) is 9.59 Å². The van der Waals surface area contributed by atoms with Crippen LogP contribution in [0.2, 0.25) is 0 Å². The molecular weight excluding hydrogens is 564 g/mol. The van der Waals surface area contributed by atoms with Crippen molar-refractivity contribution in [2.24, 2.45) is 9.98 Å². The number of nitrogens with zero attached hydrogens (tertiary/aromatic N) is 2. The van der Waals surface area contributed by atoms with Crippen molar-refractivity contribution < 1.29 is 19.2 Å². The molecule has 3 aromatic carbocycles. The highest BCUT2D eigenvalue weighted by Crippen LogP contribution is 2.14. The lowest BCUT2D eigenvalue weighted by Gasteiger charge is -2.11. The zero-order chi connectivity index (χ0) is 30.7. The number of nitrogens with one attached hydrogen (secondary N) is 8. The van der Waals surface area contributed by atoms with Crippen molar-refractivity contribution in [2.45, 2.75) is 0 Å². The number of rotatable bonds is 10. The van der Waals surface area contributed by atoms with E-state index in [9.17, 15) is 19.2 Å². The Labute approximate surface area is 253 Å². The monoisotopic (exact) mass is 596 g/mol. The minimum Gasteiger partial charge on any atom is -0.368 e. The summed E-state index contributed by atoms with van der Waals surface area (Å²) in [6.45, 7) is 2.66. The lowest BCUT2D eigenvalue weighted by molar-refractivity contribution is -0.116. The number of urea groups is 2. The first-order valence-electron chi connectivity index (χ1n) is 14.0. The molecule has 6 amide bonds. The smallest absolute Gasteiger partial charge is 0.319 e. The molecule has 0 atom stereocenters. The molecule has 0 saturated heterocycles. The van der Waals surface area contributed by atoms with Gasteiger partial charge < -0.3 is 42.5 Å². The first-order chi connectivity index (χ1) is 21.4. The minimum atomic E-state index is -0.566. The molecule has 0 bridgehead atoms. The van der Waals surface area contributed by atoms with Crippen LogP contribution in [-0.4, -0.2) is 74.8 Å². The summed E-state index contributed by atoms with van der Waals surface area (Å²) in [5, 5.41) is 22.1. The third-order valence-electron chi connectivity index (χ3n) is 6.45.